The second kappa shape index (κ2) is 3.88. The summed E-state index contributed by atoms with van der Waals surface area (Å²) in [5.74, 6) is -0.266. The molecule has 1 nitrogen and oxygen atoms in total. The second-order valence-electron chi connectivity index (χ2n) is 2.84. The van der Waals surface area contributed by atoms with Crippen LogP contribution in [0.5, 0.6) is 0 Å². The largest absolute Gasteiger partial charge is 0.256 e. The Morgan fingerprint density at radius 3 is 2.64 bits per heavy atom. The van der Waals surface area contributed by atoms with E-state index in [0.29, 0.717) is 11.3 Å². The van der Waals surface area contributed by atoms with Gasteiger partial charge in [0, 0.05) is 16.2 Å². The van der Waals surface area contributed by atoms with Gasteiger partial charge in [-0.05, 0) is 30.3 Å². The summed E-state index contributed by atoms with van der Waals surface area (Å²) in [5.41, 5.74) is 1.17. The number of halogens is 2. The molecule has 0 radical (unpaired) electrons. The molecule has 0 unspecified atom stereocenters. The van der Waals surface area contributed by atoms with E-state index in [1.54, 1.807) is 30.5 Å². The Morgan fingerprint density at radius 1 is 1.14 bits per heavy atom. The molecule has 0 spiro atoms. The summed E-state index contributed by atoms with van der Waals surface area (Å²) in [4.78, 5) is 4.08. The lowest BCUT2D eigenvalue weighted by Crippen LogP contribution is -1.86. The molecule has 0 fully saturated rings. The van der Waals surface area contributed by atoms with E-state index in [0.717, 1.165) is 4.47 Å². The van der Waals surface area contributed by atoms with Crippen LogP contribution >= 0.6 is 15.9 Å². The van der Waals surface area contributed by atoms with E-state index in [2.05, 4.69) is 20.9 Å². The molecule has 0 aliphatic heterocycles. The second-order valence-corrected chi connectivity index (χ2v) is 3.75. The van der Waals surface area contributed by atoms with Crippen molar-refractivity contribution in [1.82, 2.24) is 4.98 Å². The smallest absolute Gasteiger partial charge is 0.133 e. The zero-order valence-corrected chi connectivity index (χ0v) is 8.83. The molecule has 1 aromatic heterocycles. The highest BCUT2D eigenvalue weighted by Gasteiger charge is 2.05. The molecular formula is C11H7BrFN. The summed E-state index contributed by atoms with van der Waals surface area (Å²) in [6.45, 7) is 0. The maximum atomic E-state index is 13.5. The summed E-state index contributed by atoms with van der Waals surface area (Å²) in [6, 6.07) is 10.4. The van der Waals surface area contributed by atoms with E-state index < -0.39 is 0 Å². The summed E-state index contributed by atoms with van der Waals surface area (Å²) in [7, 11) is 0. The first-order valence-electron chi connectivity index (χ1n) is 4.14. The molecule has 0 N–H and O–H groups in total. The van der Waals surface area contributed by atoms with E-state index in [1.807, 2.05) is 6.07 Å². The molecule has 2 aromatic rings. The Hall–Kier alpha value is -1.22. The monoisotopic (exact) mass is 251 g/mol. The predicted molar refractivity (Wildman–Crippen MR) is 57.3 cm³/mol. The van der Waals surface area contributed by atoms with Crippen LogP contribution in [0, 0.1) is 5.82 Å². The average molecular weight is 252 g/mol. The first-order valence-corrected chi connectivity index (χ1v) is 4.93. The van der Waals surface area contributed by atoms with Gasteiger partial charge in [-0.25, -0.2) is 4.39 Å². The molecule has 1 aromatic carbocycles. The van der Waals surface area contributed by atoms with E-state index >= 15 is 0 Å². The van der Waals surface area contributed by atoms with Crippen molar-refractivity contribution in [3.05, 3.63) is 52.9 Å². The third-order valence-corrected chi connectivity index (χ3v) is 2.37. The molecule has 3 heteroatoms. The number of pyridine rings is 1. The first-order chi connectivity index (χ1) is 6.77. The van der Waals surface area contributed by atoms with Crippen LogP contribution in [-0.2, 0) is 0 Å². The van der Waals surface area contributed by atoms with Crippen LogP contribution in [0.4, 0.5) is 4.39 Å². The molecule has 0 aliphatic rings. The minimum absolute atomic E-state index is 0.266. The number of rotatable bonds is 1. The summed E-state index contributed by atoms with van der Waals surface area (Å²) in [6.07, 6.45) is 1.65. The van der Waals surface area contributed by atoms with Gasteiger partial charge < -0.3 is 0 Å². The van der Waals surface area contributed by atoms with Gasteiger partial charge in [-0.1, -0.05) is 22.0 Å². The van der Waals surface area contributed by atoms with Crippen LogP contribution in [0.2, 0.25) is 0 Å². The van der Waals surface area contributed by atoms with Crippen LogP contribution in [0.15, 0.2) is 47.1 Å². The van der Waals surface area contributed by atoms with Gasteiger partial charge in [-0.3, -0.25) is 4.98 Å². The molecule has 0 saturated heterocycles. The van der Waals surface area contributed by atoms with Crippen molar-refractivity contribution in [2.24, 2.45) is 0 Å². The average Bonchev–Trinajstić information content (AvgIpc) is 2.19. The summed E-state index contributed by atoms with van der Waals surface area (Å²) >= 11 is 3.21. The van der Waals surface area contributed by atoms with Crippen LogP contribution < -0.4 is 0 Å². The van der Waals surface area contributed by atoms with Gasteiger partial charge in [-0.15, -0.1) is 0 Å². The van der Waals surface area contributed by atoms with E-state index in [-0.39, 0.29) is 5.82 Å². The third-order valence-electron chi connectivity index (χ3n) is 1.87. The number of benzene rings is 1. The maximum absolute atomic E-state index is 13.5. The molecule has 70 valence electrons. The van der Waals surface area contributed by atoms with Crippen LogP contribution in [-0.4, -0.2) is 4.98 Å². The molecule has 0 atom stereocenters. The Balaban J connectivity index is 2.53. The quantitative estimate of drug-likeness (QED) is 0.754. The van der Waals surface area contributed by atoms with Crippen molar-refractivity contribution in [1.29, 1.82) is 0 Å². The fourth-order valence-electron chi connectivity index (χ4n) is 1.22. The third kappa shape index (κ3) is 1.82. The standard InChI is InChI=1S/C11H7BrFN/c12-8-4-5-9(10(13)7-8)11-3-1-2-6-14-11/h1-7H. The number of aromatic nitrogens is 1. The van der Waals surface area contributed by atoms with Gasteiger partial charge in [0.05, 0.1) is 5.69 Å². The highest BCUT2D eigenvalue weighted by Crippen LogP contribution is 2.23. The molecule has 0 saturated carbocycles. The van der Waals surface area contributed by atoms with Crippen molar-refractivity contribution >= 4 is 15.9 Å². The minimum Gasteiger partial charge on any atom is -0.256 e. The molecular weight excluding hydrogens is 245 g/mol. The fraction of sp³-hybridized carbons (Fsp3) is 0. The SMILES string of the molecule is Fc1cc(Br)ccc1-c1ccccn1. The van der Waals surface area contributed by atoms with Crippen molar-refractivity contribution in [3.63, 3.8) is 0 Å². The van der Waals surface area contributed by atoms with Gasteiger partial charge in [0.15, 0.2) is 0 Å². The molecule has 0 aliphatic carbocycles. The fourth-order valence-corrected chi connectivity index (χ4v) is 1.55. The topological polar surface area (TPSA) is 12.9 Å². The van der Waals surface area contributed by atoms with Gasteiger partial charge in [0.25, 0.3) is 0 Å². The van der Waals surface area contributed by atoms with Gasteiger partial charge in [-0.2, -0.15) is 0 Å². The molecule has 0 bridgehead atoms. The summed E-state index contributed by atoms with van der Waals surface area (Å²) < 4.78 is 14.2. The van der Waals surface area contributed by atoms with Crippen molar-refractivity contribution in [2.75, 3.05) is 0 Å². The Bertz CT molecular complexity index is 442. The number of nitrogens with zero attached hydrogens (tertiary/aromatic N) is 1. The molecule has 2 rings (SSSR count). The van der Waals surface area contributed by atoms with Crippen molar-refractivity contribution < 1.29 is 4.39 Å². The van der Waals surface area contributed by atoms with E-state index in [1.165, 1.54) is 6.07 Å². The lowest BCUT2D eigenvalue weighted by Gasteiger charge is -2.01. The van der Waals surface area contributed by atoms with Gasteiger partial charge in [0.2, 0.25) is 0 Å². The zero-order chi connectivity index (χ0) is 9.97. The highest BCUT2D eigenvalue weighted by molar-refractivity contribution is 9.10. The molecule has 0 amide bonds. The highest BCUT2D eigenvalue weighted by atomic mass is 79.9. The maximum Gasteiger partial charge on any atom is 0.133 e. The predicted octanol–water partition coefficient (Wildman–Crippen LogP) is 3.65. The molecule has 1 heterocycles. The Morgan fingerprint density at radius 2 is 2.00 bits per heavy atom. The zero-order valence-electron chi connectivity index (χ0n) is 7.24. The Kier molecular flexibility index (Phi) is 2.59. The minimum atomic E-state index is -0.266. The van der Waals surface area contributed by atoms with Crippen molar-refractivity contribution in [3.8, 4) is 11.3 Å². The lowest BCUT2D eigenvalue weighted by molar-refractivity contribution is 0.630. The summed E-state index contributed by atoms with van der Waals surface area (Å²) in [5, 5.41) is 0. The van der Waals surface area contributed by atoms with Crippen LogP contribution in [0.3, 0.4) is 0 Å². The first kappa shape index (κ1) is 9.34. The van der Waals surface area contributed by atoms with E-state index in [4.69, 9.17) is 0 Å². The van der Waals surface area contributed by atoms with E-state index in [9.17, 15) is 4.39 Å². The normalized spacial score (nSPS) is 10.1. The lowest BCUT2D eigenvalue weighted by atomic mass is 10.1. The van der Waals surface area contributed by atoms with Gasteiger partial charge >= 0.3 is 0 Å². The van der Waals surface area contributed by atoms with Crippen LogP contribution in [0.25, 0.3) is 11.3 Å². The van der Waals surface area contributed by atoms with Crippen molar-refractivity contribution in [2.45, 2.75) is 0 Å². The number of hydrogen-bond donors (Lipinski definition) is 0. The number of hydrogen-bond acceptors (Lipinski definition) is 1. The Labute approximate surface area is 89.7 Å². The van der Waals surface area contributed by atoms with Crippen LogP contribution in [0.1, 0.15) is 0 Å². The van der Waals surface area contributed by atoms with Gasteiger partial charge in [0.1, 0.15) is 5.82 Å². The molecule has 14 heavy (non-hydrogen) atoms.